The average molecular weight is 231 g/mol. The summed E-state index contributed by atoms with van der Waals surface area (Å²) in [6.45, 7) is 3.95. The number of hydrogen-bond acceptors (Lipinski definition) is 4. The van der Waals surface area contributed by atoms with Crippen molar-refractivity contribution < 1.29 is 0 Å². The highest BCUT2D eigenvalue weighted by Crippen LogP contribution is 2.24. The largest absolute Gasteiger partial charge is 0.307 e. The van der Waals surface area contributed by atoms with Gasteiger partial charge in [0.1, 0.15) is 0 Å². The van der Waals surface area contributed by atoms with Crippen LogP contribution >= 0.6 is 11.3 Å². The standard InChI is InChI=1S/C12H13N3S/c1-2-10-9-5-13-6-11(9)15-12(14-10)8-3-4-16-7-8/h3-4,7,13H,2,5-6H2,1H3. The van der Waals surface area contributed by atoms with Crippen LogP contribution in [-0.4, -0.2) is 9.97 Å². The zero-order valence-electron chi connectivity index (χ0n) is 9.16. The van der Waals surface area contributed by atoms with Gasteiger partial charge in [-0.05, 0) is 17.9 Å². The SMILES string of the molecule is CCc1nc(-c2ccsc2)nc2c1CNC2. The van der Waals surface area contributed by atoms with Crippen LogP contribution in [0.3, 0.4) is 0 Å². The monoisotopic (exact) mass is 231 g/mol. The van der Waals surface area contributed by atoms with Crippen LogP contribution in [0.5, 0.6) is 0 Å². The number of aryl methyl sites for hydroxylation is 1. The molecule has 4 heteroatoms. The van der Waals surface area contributed by atoms with E-state index in [1.165, 1.54) is 17.0 Å². The molecule has 0 spiro atoms. The quantitative estimate of drug-likeness (QED) is 0.862. The second kappa shape index (κ2) is 3.96. The lowest BCUT2D eigenvalue weighted by Gasteiger charge is -2.06. The molecule has 0 aromatic carbocycles. The molecule has 1 N–H and O–H groups in total. The van der Waals surface area contributed by atoms with Gasteiger partial charge < -0.3 is 5.32 Å². The fourth-order valence-electron chi connectivity index (χ4n) is 2.05. The Bertz CT molecular complexity index is 505. The summed E-state index contributed by atoms with van der Waals surface area (Å²) in [5.74, 6) is 0.876. The third-order valence-electron chi connectivity index (χ3n) is 2.89. The molecule has 0 aliphatic carbocycles. The molecule has 0 atom stereocenters. The molecule has 0 radical (unpaired) electrons. The van der Waals surface area contributed by atoms with Gasteiger partial charge in [0, 0.05) is 35.3 Å². The molecular weight excluding hydrogens is 218 g/mol. The first kappa shape index (κ1) is 9.93. The summed E-state index contributed by atoms with van der Waals surface area (Å²) in [6, 6.07) is 2.08. The lowest BCUT2D eigenvalue weighted by Crippen LogP contribution is -2.02. The molecule has 3 rings (SSSR count). The molecule has 0 saturated carbocycles. The molecule has 0 bridgehead atoms. The van der Waals surface area contributed by atoms with Gasteiger partial charge in [-0.15, -0.1) is 0 Å². The zero-order valence-corrected chi connectivity index (χ0v) is 9.97. The van der Waals surface area contributed by atoms with Gasteiger partial charge in [-0.2, -0.15) is 11.3 Å². The van der Waals surface area contributed by atoms with E-state index in [4.69, 9.17) is 0 Å². The molecule has 82 valence electrons. The summed E-state index contributed by atoms with van der Waals surface area (Å²) in [5, 5.41) is 7.50. The molecule has 2 aromatic heterocycles. The Morgan fingerprint density at radius 3 is 3.06 bits per heavy atom. The highest BCUT2D eigenvalue weighted by atomic mass is 32.1. The van der Waals surface area contributed by atoms with E-state index in [1.54, 1.807) is 11.3 Å². The van der Waals surface area contributed by atoms with E-state index in [0.29, 0.717) is 0 Å². The van der Waals surface area contributed by atoms with Gasteiger partial charge in [-0.1, -0.05) is 6.92 Å². The Morgan fingerprint density at radius 1 is 1.38 bits per heavy atom. The minimum Gasteiger partial charge on any atom is -0.307 e. The maximum absolute atomic E-state index is 4.66. The molecule has 0 unspecified atom stereocenters. The lowest BCUT2D eigenvalue weighted by atomic mass is 10.1. The minimum absolute atomic E-state index is 0.876. The summed E-state index contributed by atoms with van der Waals surface area (Å²) in [5.41, 5.74) is 4.81. The van der Waals surface area contributed by atoms with Gasteiger partial charge in [0.15, 0.2) is 5.82 Å². The Morgan fingerprint density at radius 2 is 2.31 bits per heavy atom. The maximum atomic E-state index is 4.66. The van der Waals surface area contributed by atoms with Gasteiger partial charge in [-0.25, -0.2) is 9.97 Å². The number of fused-ring (bicyclic) bond motifs is 1. The summed E-state index contributed by atoms with van der Waals surface area (Å²) in [7, 11) is 0. The number of nitrogens with one attached hydrogen (secondary N) is 1. The smallest absolute Gasteiger partial charge is 0.160 e. The summed E-state index contributed by atoms with van der Waals surface area (Å²) < 4.78 is 0. The van der Waals surface area contributed by atoms with Crippen molar-refractivity contribution in [3.05, 3.63) is 33.8 Å². The fourth-order valence-corrected chi connectivity index (χ4v) is 2.69. The van der Waals surface area contributed by atoms with Crippen LogP contribution in [0.15, 0.2) is 16.8 Å². The first-order valence-electron chi connectivity index (χ1n) is 5.50. The van der Waals surface area contributed by atoms with Gasteiger partial charge in [0.05, 0.1) is 5.69 Å². The first-order chi connectivity index (χ1) is 7.88. The van der Waals surface area contributed by atoms with Crippen LogP contribution < -0.4 is 5.32 Å². The summed E-state index contributed by atoms with van der Waals surface area (Å²) in [4.78, 5) is 9.30. The average Bonchev–Trinajstić information content (AvgIpc) is 2.97. The van der Waals surface area contributed by atoms with Crippen LogP contribution in [0.25, 0.3) is 11.4 Å². The van der Waals surface area contributed by atoms with Crippen molar-refractivity contribution in [1.29, 1.82) is 0 Å². The predicted octanol–water partition coefficient (Wildman–Crippen LogP) is 2.37. The van der Waals surface area contributed by atoms with Crippen molar-refractivity contribution in [2.45, 2.75) is 26.4 Å². The highest BCUT2D eigenvalue weighted by molar-refractivity contribution is 7.08. The second-order valence-corrected chi connectivity index (χ2v) is 4.67. The van der Waals surface area contributed by atoms with Crippen molar-refractivity contribution in [2.24, 2.45) is 0 Å². The summed E-state index contributed by atoms with van der Waals surface area (Å²) in [6.07, 6.45) is 0.976. The van der Waals surface area contributed by atoms with Gasteiger partial charge in [-0.3, -0.25) is 0 Å². The maximum Gasteiger partial charge on any atom is 0.160 e. The third-order valence-corrected chi connectivity index (χ3v) is 3.57. The Hall–Kier alpha value is -1.26. The van der Waals surface area contributed by atoms with Gasteiger partial charge in [0.25, 0.3) is 0 Å². The molecule has 16 heavy (non-hydrogen) atoms. The molecule has 0 saturated heterocycles. The Kier molecular flexibility index (Phi) is 2.46. The topological polar surface area (TPSA) is 37.8 Å². The van der Waals surface area contributed by atoms with E-state index in [-0.39, 0.29) is 0 Å². The van der Waals surface area contributed by atoms with Crippen LogP contribution in [0.4, 0.5) is 0 Å². The van der Waals surface area contributed by atoms with E-state index >= 15 is 0 Å². The molecule has 0 fully saturated rings. The minimum atomic E-state index is 0.876. The van der Waals surface area contributed by atoms with Crippen molar-refractivity contribution in [3.63, 3.8) is 0 Å². The molecule has 0 amide bonds. The second-order valence-electron chi connectivity index (χ2n) is 3.89. The Balaban J connectivity index is 2.15. The molecule has 3 heterocycles. The lowest BCUT2D eigenvalue weighted by molar-refractivity contribution is 0.755. The van der Waals surface area contributed by atoms with Crippen molar-refractivity contribution in [1.82, 2.24) is 15.3 Å². The van der Waals surface area contributed by atoms with E-state index in [2.05, 4.69) is 39.0 Å². The Labute approximate surface area is 98.6 Å². The highest BCUT2D eigenvalue weighted by Gasteiger charge is 2.18. The van der Waals surface area contributed by atoms with Crippen LogP contribution in [0, 0.1) is 0 Å². The van der Waals surface area contributed by atoms with Crippen molar-refractivity contribution in [2.75, 3.05) is 0 Å². The molecular formula is C12H13N3S. The van der Waals surface area contributed by atoms with Crippen LogP contribution in [-0.2, 0) is 19.5 Å². The number of aromatic nitrogens is 2. The van der Waals surface area contributed by atoms with Gasteiger partial charge in [0.2, 0.25) is 0 Å². The van der Waals surface area contributed by atoms with Crippen molar-refractivity contribution >= 4 is 11.3 Å². The number of nitrogens with zero attached hydrogens (tertiary/aromatic N) is 2. The van der Waals surface area contributed by atoms with Gasteiger partial charge >= 0.3 is 0 Å². The van der Waals surface area contributed by atoms with Crippen LogP contribution in [0.1, 0.15) is 23.9 Å². The first-order valence-corrected chi connectivity index (χ1v) is 6.44. The molecule has 1 aliphatic heterocycles. The van der Waals surface area contributed by atoms with Crippen LogP contribution in [0.2, 0.25) is 0 Å². The van der Waals surface area contributed by atoms with E-state index in [9.17, 15) is 0 Å². The fraction of sp³-hybridized carbons (Fsp3) is 0.333. The summed E-state index contributed by atoms with van der Waals surface area (Å²) >= 11 is 1.69. The zero-order chi connectivity index (χ0) is 11.0. The number of thiophene rings is 1. The van der Waals surface area contributed by atoms with E-state index < -0.39 is 0 Å². The third kappa shape index (κ3) is 1.54. The normalized spacial score (nSPS) is 14.1. The number of hydrogen-bond donors (Lipinski definition) is 1. The van der Waals surface area contributed by atoms with Crippen molar-refractivity contribution in [3.8, 4) is 11.4 Å². The predicted molar refractivity (Wildman–Crippen MR) is 65.3 cm³/mol. The molecule has 1 aliphatic rings. The number of rotatable bonds is 2. The molecule has 2 aromatic rings. The molecule has 3 nitrogen and oxygen atoms in total. The van der Waals surface area contributed by atoms with E-state index in [0.717, 1.165) is 30.9 Å². The van der Waals surface area contributed by atoms with E-state index in [1.807, 2.05) is 0 Å².